The summed E-state index contributed by atoms with van der Waals surface area (Å²) in [6.45, 7) is 4.85. The van der Waals surface area contributed by atoms with Gasteiger partial charge in [-0.2, -0.15) is 0 Å². The van der Waals surface area contributed by atoms with Crippen LogP contribution in [-0.4, -0.2) is 18.6 Å². The first kappa shape index (κ1) is 16.0. The molecule has 0 aliphatic heterocycles. The molecule has 1 aromatic carbocycles. The molecular weight excluding hydrogens is 298 g/mol. The second kappa shape index (κ2) is 6.09. The minimum absolute atomic E-state index is 0.0568. The summed E-state index contributed by atoms with van der Waals surface area (Å²) in [4.78, 5) is 12.7. The van der Waals surface area contributed by atoms with Crippen molar-refractivity contribution in [2.75, 3.05) is 6.61 Å². The van der Waals surface area contributed by atoms with Gasteiger partial charge in [0.25, 0.3) is 5.91 Å². The fourth-order valence-corrected chi connectivity index (χ4v) is 6.01. The average Bonchev–Trinajstić information content (AvgIpc) is 2.54. The van der Waals surface area contributed by atoms with E-state index in [1.807, 2.05) is 31.2 Å². The Morgan fingerprint density at radius 3 is 2.17 bits per heavy atom. The van der Waals surface area contributed by atoms with Gasteiger partial charge in [0, 0.05) is 11.6 Å². The molecule has 0 radical (unpaired) electrons. The van der Waals surface area contributed by atoms with E-state index in [1.54, 1.807) is 0 Å². The number of nitrogens with one attached hydrogen (secondary N) is 1. The van der Waals surface area contributed by atoms with Gasteiger partial charge in [0.05, 0.1) is 6.61 Å². The Morgan fingerprint density at radius 2 is 1.67 bits per heavy atom. The zero-order chi connectivity index (χ0) is 16.7. The predicted octanol–water partition coefficient (Wildman–Crippen LogP) is 4.42. The molecule has 1 N–H and O–H groups in total. The second-order valence-corrected chi connectivity index (χ2v) is 8.43. The zero-order valence-electron chi connectivity index (χ0n) is 14.9. The molecule has 4 aliphatic carbocycles. The van der Waals surface area contributed by atoms with Crippen molar-refractivity contribution in [1.29, 1.82) is 0 Å². The van der Waals surface area contributed by atoms with Crippen LogP contribution >= 0.6 is 0 Å². The molecule has 1 aromatic rings. The smallest absolute Gasteiger partial charge is 0.251 e. The van der Waals surface area contributed by atoms with Gasteiger partial charge in [-0.1, -0.05) is 0 Å². The Balaban J connectivity index is 1.44. The molecule has 0 heterocycles. The van der Waals surface area contributed by atoms with E-state index in [-0.39, 0.29) is 11.9 Å². The van der Waals surface area contributed by atoms with Crippen LogP contribution in [0.5, 0.6) is 5.75 Å². The highest BCUT2D eigenvalue weighted by atomic mass is 16.5. The summed E-state index contributed by atoms with van der Waals surface area (Å²) in [7, 11) is 0. The fourth-order valence-electron chi connectivity index (χ4n) is 6.01. The topological polar surface area (TPSA) is 38.3 Å². The first-order valence-corrected chi connectivity index (χ1v) is 9.61. The van der Waals surface area contributed by atoms with E-state index in [1.165, 1.54) is 38.5 Å². The Hall–Kier alpha value is -1.51. The summed E-state index contributed by atoms with van der Waals surface area (Å²) in [5, 5.41) is 3.32. The summed E-state index contributed by atoms with van der Waals surface area (Å²) in [6.07, 6.45) is 8.30. The highest BCUT2D eigenvalue weighted by Crippen LogP contribution is 2.61. The highest BCUT2D eigenvalue weighted by molar-refractivity contribution is 5.94. The largest absolute Gasteiger partial charge is 0.494 e. The number of carbonyl (C=O) groups is 1. The molecule has 4 fully saturated rings. The van der Waals surface area contributed by atoms with Crippen LogP contribution in [0.15, 0.2) is 24.3 Å². The molecule has 4 bridgehead atoms. The average molecular weight is 327 g/mol. The van der Waals surface area contributed by atoms with Gasteiger partial charge in [-0.15, -0.1) is 0 Å². The van der Waals surface area contributed by atoms with E-state index < -0.39 is 0 Å². The van der Waals surface area contributed by atoms with E-state index in [2.05, 4.69) is 12.2 Å². The van der Waals surface area contributed by atoms with E-state index in [4.69, 9.17) is 4.74 Å². The third-order valence-electron chi connectivity index (χ3n) is 6.78. The van der Waals surface area contributed by atoms with Crippen molar-refractivity contribution in [3.8, 4) is 5.75 Å². The molecule has 24 heavy (non-hydrogen) atoms. The maximum atomic E-state index is 12.7. The quantitative estimate of drug-likeness (QED) is 0.869. The third kappa shape index (κ3) is 2.82. The number of hydrogen-bond donors (Lipinski definition) is 1. The molecule has 0 saturated heterocycles. The Bertz CT molecular complexity index is 571. The summed E-state index contributed by atoms with van der Waals surface area (Å²) in [5.74, 6) is 3.63. The molecule has 0 spiro atoms. The lowest BCUT2D eigenvalue weighted by atomic mass is 9.48. The molecule has 1 atom stereocenters. The molecule has 3 heteroatoms. The van der Waals surface area contributed by atoms with Gasteiger partial charge in [0.15, 0.2) is 0 Å². The molecule has 130 valence electrons. The number of carbonyl (C=O) groups excluding carboxylic acids is 1. The molecular formula is C21H29NO2. The van der Waals surface area contributed by atoms with Gasteiger partial charge in [-0.3, -0.25) is 4.79 Å². The van der Waals surface area contributed by atoms with E-state index in [0.29, 0.717) is 12.0 Å². The molecule has 0 aromatic heterocycles. The van der Waals surface area contributed by atoms with Crippen LogP contribution in [0.4, 0.5) is 0 Å². The lowest BCUT2D eigenvalue weighted by Crippen LogP contribution is -2.55. The molecule has 0 unspecified atom stereocenters. The lowest BCUT2D eigenvalue weighted by Gasteiger charge is -2.59. The summed E-state index contributed by atoms with van der Waals surface area (Å²) >= 11 is 0. The van der Waals surface area contributed by atoms with Crippen LogP contribution < -0.4 is 10.1 Å². The van der Waals surface area contributed by atoms with E-state index >= 15 is 0 Å². The Morgan fingerprint density at radius 1 is 1.12 bits per heavy atom. The summed E-state index contributed by atoms with van der Waals surface area (Å²) in [6, 6.07) is 7.77. The van der Waals surface area contributed by atoms with Gasteiger partial charge in [0.2, 0.25) is 0 Å². The van der Waals surface area contributed by atoms with Crippen molar-refractivity contribution in [2.45, 2.75) is 58.4 Å². The van der Waals surface area contributed by atoms with Crippen molar-refractivity contribution < 1.29 is 9.53 Å². The summed E-state index contributed by atoms with van der Waals surface area (Å²) in [5.41, 5.74) is 1.09. The van der Waals surface area contributed by atoms with E-state index in [9.17, 15) is 4.79 Å². The zero-order valence-corrected chi connectivity index (χ0v) is 14.9. The Kier molecular flexibility index (Phi) is 4.06. The Labute approximate surface area is 145 Å². The van der Waals surface area contributed by atoms with Crippen LogP contribution in [0.3, 0.4) is 0 Å². The van der Waals surface area contributed by atoms with Crippen molar-refractivity contribution in [3.63, 3.8) is 0 Å². The normalized spacial score (nSPS) is 34.8. The minimum Gasteiger partial charge on any atom is -0.494 e. The molecule has 3 nitrogen and oxygen atoms in total. The van der Waals surface area contributed by atoms with Crippen LogP contribution in [0.2, 0.25) is 0 Å². The van der Waals surface area contributed by atoms with Crippen LogP contribution in [0.1, 0.15) is 62.7 Å². The second-order valence-electron chi connectivity index (χ2n) is 8.43. The first-order valence-electron chi connectivity index (χ1n) is 9.61. The van der Waals surface area contributed by atoms with Gasteiger partial charge in [0.1, 0.15) is 5.75 Å². The maximum absolute atomic E-state index is 12.7. The molecule has 1 amide bonds. The predicted molar refractivity (Wildman–Crippen MR) is 95.1 cm³/mol. The van der Waals surface area contributed by atoms with Crippen LogP contribution in [0, 0.1) is 23.2 Å². The van der Waals surface area contributed by atoms with E-state index in [0.717, 1.165) is 29.1 Å². The molecule has 5 rings (SSSR count). The van der Waals surface area contributed by atoms with Crippen molar-refractivity contribution >= 4 is 5.91 Å². The molecule has 4 saturated carbocycles. The maximum Gasteiger partial charge on any atom is 0.251 e. The number of amides is 1. The highest BCUT2D eigenvalue weighted by Gasteiger charge is 2.53. The van der Waals surface area contributed by atoms with Gasteiger partial charge < -0.3 is 10.1 Å². The first-order chi connectivity index (χ1) is 11.6. The van der Waals surface area contributed by atoms with Crippen LogP contribution in [0.25, 0.3) is 0 Å². The fraction of sp³-hybridized carbons (Fsp3) is 0.667. The van der Waals surface area contributed by atoms with Crippen LogP contribution in [-0.2, 0) is 0 Å². The third-order valence-corrected chi connectivity index (χ3v) is 6.78. The van der Waals surface area contributed by atoms with Gasteiger partial charge in [-0.25, -0.2) is 0 Å². The summed E-state index contributed by atoms with van der Waals surface area (Å²) < 4.78 is 5.45. The SMILES string of the molecule is CCOc1ccc(C(=O)N[C@H](C)C23CC4CC(CC(C4)C2)C3)cc1. The van der Waals surface area contributed by atoms with Crippen molar-refractivity contribution in [3.05, 3.63) is 29.8 Å². The number of ether oxygens (including phenoxy) is 1. The minimum atomic E-state index is 0.0568. The van der Waals surface area contributed by atoms with Crippen molar-refractivity contribution in [1.82, 2.24) is 5.32 Å². The standard InChI is InChI=1S/C21H29NO2/c1-3-24-19-6-4-18(5-7-19)20(23)22-14(2)21-11-15-8-16(12-21)10-17(9-15)13-21/h4-7,14-17H,3,8-13H2,1-2H3,(H,22,23)/t14-,15?,16?,17?,21?/m1/s1. The monoisotopic (exact) mass is 327 g/mol. The van der Waals surface area contributed by atoms with Crippen molar-refractivity contribution in [2.24, 2.45) is 23.2 Å². The van der Waals surface area contributed by atoms with Gasteiger partial charge >= 0.3 is 0 Å². The number of hydrogen-bond acceptors (Lipinski definition) is 2. The number of benzene rings is 1. The number of rotatable bonds is 5. The molecule has 4 aliphatic rings. The van der Waals surface area contributed by atoms with Gasteiger partial charge in [-0.05, 0) is 99.8 Å². The lowest BCUT2D eigenvalue weighted by molar-refractivity contribution is -0.0688.